The first-order chi connectivity index (χ1) is 8.76. The predicted octanol–water partition coefficient (Wildman–Crippen LogP) is 1.07. The van der Waals surface area contributed by atoms with Crippen molar-refractivity contribution in [2.45, 2.75) is 19.3 Å². The van der Waals surface area contributed by atoms with Gasteiger partial charge in [0.05, 0.1) is 19.2 Å². The second-order valence-corrected chi connectivity index (χ2v) is 3.41. The summed E-state index contributed by atoms with van der Waals surface area (Å²) < 4.78 is 45.3. The van der Waals surface area contributed by atoms with Gasteiger partial charge >= 0.3 is 12.3 Å². The molecule has 19 heavy (non-hydrogen) atoms. The van der Waals surface area contributed by atoms with Crippen molar-refractivity contribution >= 4 is 5.97 Å². The number of halogens is 3. The van der Waals surface area contributed by atoms with Crippen LogP contribution < -0.4 is 15.2 Å². The summed E-state index contributed by atoms with van der Waals surface area (Å²) in [5.74, 6) is -2.15. The lowest BCUT2D eigenvalue weighted by Crippen LogP contribution is -2.20. The first-order valence-electron chi connectivity index (χ1n) is 5.01. The Balaban J connectivity index is 3.32. The number of nitrogens with two attached hydrogens (primary N) is 1. The van der Waals surface area contributed by atoms with Crippen molar-refractivity contribution in [3.63, 3.8) is 0 Å². The SMILES string of the molecule is COc1cc(OC(F)(F)F)c(CC(=O)O)c(CN)n1. The van der Waals surface area contributed by atoms with Crippen molar-refractivity contribution in [3.05, 3.63) is 17.3 Å². The number of rotatable bonds is 5. The normalized spacial score (nSPS) is 11.2. The third-order valence-corrected chi connectivity index (χ3v) is 2.10. The summed E-state index contributed by atoms with van der Waals surface area (Å²) in [4.78, 5) is 14.5. The highest BCUT2D eigenvalue weighted by atomic mass is 19.4. The van der Waals surface area contributed by atoms with Gasteiger partial charge in [-0.05, 0) is 0 Å². The zero-order valence-corrected chi connectivity index (χ0v) is 9.82. The number of carboxylic acid groups (broad SMARTS) is 1. The zero-order chi connectivity index (χ0) is 14.6. The van der Waals surface area contributed by atoms with Gasteiger partial charge in [0, 0.05) is 18.2 Å². The number of hydrogen-bond donors (Lipinski definition) is 2. The number of ether oxygens (including phenoxy) is 2. The molecule has 106 valence electrons. The van der Waals surface area contributed by atoms with Gasteiger partial charge in [-0.3, -0.25) is 4.79 Å². The fourth-order valence-electron chi connectivity index (χ4n) is 1.40. The summed E-state index contributed by atoms with van der Waals surface area (Å²) in [7, 11) is 1.21. The Labute approximate surface area is 105 Å². The van der Waals surface area contributed by atoms with Crippen LogP contribution in [0.4, 0.5) is 13.2 Å². The topological polar surface area (TPSA) is 94.7 Å². The molecule has 0 bridgehead atoms. The van der Waals surface area contributed by atoms with Crippen molar-refractivity contribution < 1.29 is 32.5 Å². The van der Waals surface area contributed by atoms with Gasteiger partial charge in [0.15, 0.2) is 0 Å². The van der Waals surface area contributed by atoms with E-state index in [2.05, 4.69) is 9.72 Å². The van der Waals surface area contributed by atoms with Crippen LogP contribution in [-0.2, 0) is 17.8 Å². The molecule has 1 aromatic rings. The number of alkyl halides is 3. The number of methoxy groups -OCH3 is 1. The van der Waals surface area contributed by atoms with Crippen LogP contribution in [0, 0.1) is 0 Å². The highest BCUT2D eigenvalue weighted by Gasteiger charge is 2.33. The highest BCUT2D eigenvalue weighted by molar-refractivity contribution is 5.72. The van der Waals surface area contributed by atoms with Crippen LogP contribution in [0.15, 0.2) is 6.07 Å². The number of nitrogens with zero attached hydrogens (tertiary/aromatic N) is 1. The largest absolute Gasteiger partial charge is 0.573 e. The molecule has 0 radical (unpaired) electrons. The molecule has 3 N–H and O–H groups in total. The minimum absolute atomic E-state index is 0.0269. The van der Waals surface area contributed by atoms with E-state index in [1.807, 2.05) is 0 Å². The monoisotopic (exact) mass is 280 g/mol. The average Bonchev–Trinajstić information content (AvgIpc) is 2.28. The summed E-state index contributed by atoms with van der Waals surface area (Å²) in [5, 5.41) is 8.70. The Morgan fingerprint density at radius 3 is 2.58 bits per heavy atom. The molecule has 0 aromatic carbocycles. The van der Waals surface area contributed by atoms with Crippen LogP contribution in [0.5, 0.6) is 11.6 Å². The Hall–Kier alpha value is -2.03. The standard InChI is InChI=1S/C10H11F3N2O4/c1-18-8-3-7(19-10(11,12)13)5(2-9(16)17)6(4-14)15-8/h3H,2,4,14H2,1H3,(H,16,17). The molecule has 0 saturated heterocycles. The number of hydrogen-bond acceptors (Lipinski definition) is 5. The second kappa shape index (κ2) is 5.74. The lowest BCUT2D eigenvalue weighted by molar-refractivity contribution is -0.275. The first-order valence-corrected chi connectivity index (χ1v) is 5.01. The molecule has 0 unspecified atom stereocenters. The van der Waals surface area contributed by atoms with Crippen molar-refractivity contribution in [1.29, 1.82) is 0 Å². The molecule has 0 fully saturated rings. The van der Waals surface area contributed by atoms with Gasteiger partial charge < -0.3 is 20.3 Å². The number of pyridine rings is 1. The zero-order valence-electron chi connectivity index (χ0n) is 9.82. The van der Waals surface area contributed by atoms with E-state index in [0.29, 0.717) is 0 Å². The van der Waals surface area contributed by atoms with Crippen LogP contribution in [-0.4, -0.2) is 29.5 Å². The summed E-state index contributed by atoms with van der Waals surface area (Å²) in [6.45, 7) is -0.242. The lowest BCUT2D eigenvalue weighted by atomic mass is 10.1. The summed E-state index contributed by atoms with van der Waals surface area (Å²) in [5.41, 5.74) is 5.08. The molecule has 0 aliphatic heterocycles. The molecule has 6 nitrogen and oxygen atoms in total. The van der Waals surface area contributed by atoms with E-state index in [1.54, 1.807) is 0 Å². The van der Waals surface area contributed by atoms with E-state index in [9.17, 15) is 18.0 Å². The van der Waals surface area contributed by atoms with Gasteiger partial charge in [0.25, 0.3) is 0 Å². The molecule has 0 aliphatic rings. The first kappa shape index (κ1) is 15.0. The van der Waals surface area contributed by atoms with E-state index in [-0.39, 0.29) is 23.7 Å². The number of carbonyl (C=O) groups is 1. The minimum atomic E-state index is -4.95. The van der Waals surface area contributed by atoms with Gasteiger partial charge in [0.2, 0.25) is 5.88 Å². The van der Waals surface area contributed by atoms with Crippen molar-refractivity contribution in [2.24, 2.45) is 5.73 Å². The van der Waals surface area contributed by atoms with Crippen LogP contribution in [0.2, 0.25) is 0 Å². The maximum atomic E-state index is 12.3. The second-order valence-electron chi connectivity index (χ2n) is 3.41. The Bertz CT molecular complexity index is 477. The van der Waals surface area contributed by atoms with Crippen molar-refractivity contribution in [3.8, 4) is 11.6 Å². The quantitative estimate of drug-likeness (QED) is 0.838. The van der Waals surface area contributed by atoms with Crippen LogP contribution in [0.3, 0.4) is 0 Å². The molecule has 0 aliphatic carbocycles. The molecule has 0 amide bonds. The molecule has 0 atom stereocenters. The Morgan fingerprint density at radius 2 is 2.16 bits per heavy atom. The molecule has 0 spiro atoms. The average molecular weight is 280 g/mol. The molecule has 1 rings (SSSR count). The maximum absolute atomic E-state index is 12.3. The summed E-state index contributed by atoms with van der Waals surface area (Å²) >= 11 is 0. The lowest BCUT2D eigenvalue weighted by Gasteiger charge is -2.15. The molecule has 1 aromatic heterocycles. The fraction of sp³-hybridized carbons (Fsp3) is 0.400. The van der Waals surface area contributed by atoms with E-state index in [4.69, 9.17) is 15.6 Å². The minimum Gasteiger partial charge on any atom is -0.481 e. The predicted molar refractivity (Wildman–Crippen MR) is 56.7 cm³/mol. The fourth-order valence-corrected chi connectivity index (χ4v) is 1.40. The van der Waals surface area contributed by atoms with Crippen LogP contribution >= 0.6 is 0 Å². The van der Waals surface area contributed by atoms with E-state index in [0.717, 1.165) is 6.07 Å². The smallest absolute Gasteiger partial charge is 0.481 e. The van der Waals surface area contributed by atoms with Crippen LogP contribution in [0.25, 0.3) is 0 Å². The van der Waals surface area contributed by atoms with Gasteiger partial charge in [0.1, 0.15) is 5.75 Å². The summed E-state index contributed by atoms with van der Waals surface area (Å²) in [6.07, 6.45) is -5.64. The number of aliphatic carboxylic acids is 1. The Kier molecular flexibility index (Phi) is 4.54. The van der Waals surface area contributed by atoms with E-state index < -0.39 is 24.5 Å². The van der Waals surface area contributed by atoms with Gasteiger partial charge in [-0.15, -0.1) is 13.2 Å². The van der Waals surface area contributed by atoms with E-state index >= 15 is 0 Å². The highest BCUT2D eigenvalue weighted by Crippen LogP contribution is 2.31. The number of aromatic nitrogens is 1. The van der Waals surface area contributed by atoms with Gasteiger partial charge in [-0.1, -0.05) is 0 Å². The van der Waals surface area contributed by atoms with Crippen LogP contribution in [0.1, 0.15) is 11.3 Å². The molecular formula is C10H11F3N2O4. The Morgan fingerprint density at radius 1 is 1.53 bits per heavy atom. The molecule has 9 heteroatoms. The van der Waals surface area contributed by atoms with E-state index in [1.165, 1.54) is 7.11 Å². The van der Waals surface area contributed by atoms with Crippen molar-refractivity contribution in [1.82, 2.24) is 4.98 Å². The summed E-state index contributed by atoms with van der Waals surface area (Å²) in [6, 6.07) is 0.866. The maximum Gasteiger partial charge on any atom is 0.573 e. The third-order valence-electron chi connectivity index (χ3n) is 2.10. The number of carboxylic acids is 1. The van der Waals surface area contributed by atoms with Gasteiger partial charge in [-0.2, -0.15) is 0 Å². The van der Waals surface area contributed by atoms with Crippen molar-refractivity contribution in [2.75, 3.05) is 7.11 Å². The molecule has 1 heterocycles. The molecule has 0 saturated carbocycles. The molecular weight excluding hydrogens is 269 g/mol. The van der Waals surface area contributed by atoms with Gasteiger partial charge in [-0.25, -0.2) is 4.98 Å². The third kappa shape index (κ3) is 4.28.